The Hall–Kier alpha value is -1.39. The van der Waals surface area contributed by atoms with E-state index in [1.807, 2.05) is 23.1 Å². The SMILES string of the molecule is CCc1ccccc1C(=O)N1CCCN(CCCN)CC1. The highest BCUT2D eigenvalue weighted by atomic mass is 16.2. The van der Waals surface area contributed by atoms with Gasteiger partial charge >= 0.3 is 0 Å². The van der Waals surface area contributed by atoms with Gasteiger partial charge in [0, 0.05) is 25.2 Å². The Labute approximate surface area is 127 Å². The van der Waals surface area contributed by atoms with Gasteiger partial charge in [-0.1, -0.05) is 25.1 Å². The molecule has 2 N–H and O–H groups in total. The molecule has 21 heavy (non-hydrogen) atoms. The van der Waals surface area contributed by atoms with Gasteiger partial charge in [0.1, 0.15) is 0 Å². The molecule has 0 radical (unpaired) electrons. The molecule has 4 nitrogen and oxygen atoms in total. The molecular formula is C17H27N3O. The lowest BCUT2D eigenvalue weighted by Gasteiger charge is -2.22. The molecule has 0 unspecified atom stereocenters. The molecule has 2 rings (SSSR count). The maximum atomic E-state index is 12.7. The lowest BCUT2D eigenvalue weighted by atomic mass is 10.0. The van der Waals surface area contributed by atoms with Crippen molar-refractivity contribution in [1.29, 1.82) is 0 Å². The number of nitrogens with zero attached hydrogens (tertiary/aromatic N) is 2. The normalized spacial score (nSPS) is 16.8. The minimum absolute atomic E-state index is 0.188. The molecule has 0 saturated carbocycles. The van der Waals surface area contributed by atoms with Gasteiger partial charge in [-0.25, -0.2) is 0 Å². The van der Waals surface area contributed by atoms with Gasteiger partial charge < -0.3 is 15.5 Å². The summed E-state index contributed by atoms with van der Waals surface area (Å²) in [6.45, 7) is 7.59. The fourth-order valence-corrected chi connectivity index (χ4v) is 2.92. The Morgan fingerprint density at radius 3 is 2.76 bits per heavy atom. The molecule has 1 fully saturated rings. The maximum absolute atomic E-state index is 12.7. The molecule has 0 aliphatic carbocycles. The average Bonchev–Trinajstić information content (AvgIpc) is 2.77. The van der Waals surface area contributed by atoms with Gasteiger partial charge in [0.05, 0.1) is 0 Å². The summed E-state index contributed by atoms with van der Waals surface area (Å²) in [5.74, 6) is 0.188. The Bertz CT molecular complexity index is 461. The van der Waals surface area contributed by atoms with Gasteiger partial charge in [0.25, 0.3) is 5.91 Å². The van der Waals surface area contributed by atoms with Crippen molar-refractivity contribution in [2.75, 3.05) is 39.3 Å². The molecule has 1 heterocycles. The number of hydrogen-bond acceptors (Lipinski definition) is 3. The van der Waals surface area contributed by atoms with Gasteiger partial charge in [-0.3, -0.25) is 4.79 Å². The summed E-state index contributed by atoms with van der Waals surface area (Å²) in [5, 5.41) is 0. The summed E-state index contributed by atoms with van der Waals surface area (Å²) in [5.41, 5.74) is 7.59. The second-order valence-electron chi connectivity index (χ2n) is 5.64. The standard InChI is InChI=1S/C17H27N3O/c1-2-15-7-3-4-8-16(15)17(21)20-12-6-11-19(13-14-20)10-5-9-18/h3-4,7-8H,2,5-6,9-14,18H2,1H3. The minimum atomic E-state index is 0.188. The Kier molecular flexibility index (Phi) is 6.21. The van der Waals surface area contributed by atoms with E-state index in [2.05, 4.69) is 17.9 Å². The number of aryl methyl sites for hydroxylation is 1. The highest BCUT2D eigenvalue weighted by Crippen LogP contribution is 2.14. The van der Waals surface area contributed by atoms with Crippen LogP contribution in [0.5, 0.6) is 0 Å². The lowest BCUT2D eigenvalue weighted by molar-refractivity contribution is 0.0760. The molecule has 0 spiro atoms. The average molecular weight is 289 g/mol. The monoisotopic (exact) mass is 289 g/mol. The number of benzene rings is 1. The second-order valence-corrected chi connectivity index (χ2v) is 5.64. The van der Waals surface area contributed by atoms with Crippen molar-refractivity contribution in [3.63, 3.8) is 0 Å². The first-order valence-corrected chi connectivity index (χ1v) is 8.06. The predicted octanol–water partition coefficient (Wildman–Crippen LogP) is 1.75. The smallest absolute Gasteiger partial charge is 0.254 e. The molecule has 1 amide bonds. The van der Waals surface area contributed by atoms with E-state index in [9.17, 15) is 4.79 Å². The van der Waals surface area contributed by atoms with E-state index in [1.54, 1.807) is 0 Å². The Balaban J connectivity index is 2.00. The van der Waals surface area contributed by atoms with Gasteiger partial charge in [0.2, 0.25) is 0 Å². The zero-order chi connectivity index (χ0) is 15.1. The number of carbonyl (C=O) groups excluding carboxylic acids is 1. The molecule has 1 aliphatic rings. The number of hydrogen-bond donors (Lipinski definition) is 1. The van der Waals surface area contributed by atoms with E-state index in [0.29, 0.717) is 0 Å². The second kappa shape index (κ2) is 8.15. The summed E-state index contributed by atoms with van der Waals surface area (Å²) in [6, 6.07) is 7.97. The molecule has 1 aromatic carbocycles. The summed E-state index contributed by atoms with van der Waals surface area (Å²) >= 11 is 0. The van der Waals surface area contributed by atoms with E-state index in [4.69, 9.17) is 5.73 Å². The predicted molar refractivity (Wildman–Crippen MR) is 86.5 cm³/mol. The van der Waals surface area contributed by atoms with Crippen LogP contribution in [0.3, 0.4) is 0 Å². The number of rotatable bonds is 5. The molecule has 1 aromatic rings. The Morgan fingerprint density at radius 1 is 1.19 bits per heavy atom. The first-order valence-electron chi connectivity index (χ1n) is 8.06. The summed E-state index contributed by atoms with van der Waals surface area (Å²) in [4.78, 5) is 17.2. The largest absolute Gasteiger partial charge is 0.337 e. The summed E-state index contributed by atoms with van der Waals surface area (Å²) in [7, 11) is 0. The van der Waals surface area contributed by atoms with Gasteiger partial charge in [-0.2, -0.15) is 0 Å². The fourth-order valence-electron chi connectivity index (χ4n) is 2.92. The van der Waals surface area contributed by atoms with Crippen LogP contribution in [-0.4, -0.2) is 55.0 Å². The zero-order valence-electron chi connectivity index (χ0n) is 13.1. The van der Waals surface area contributed by atoms with Crippen LogP contribution in [0.15, 0.2) is 24.3 Å². The quantitative estimate of drug-likeness (QED) is 0.898. The zero-order valence-corrected chi connectivity index (χ0v) is 13.1. The van der Waals surface area contributed by atoms with E-state index in [1.165, 1.54) is 0 Å². The molecule has 0 bridgehead atoms. The molecule has 0 atom stereocenters. The third-order valence-corrected chi connectivity index (χ3v) is 4.18. The van der Waals surface area contributed by atoms with Gasteiger partial charge in [0.15, 0.2) is 0 Å². The van der Waals surface area contributed by atoms with Crippen LogP contribution >= 0.6 is 0 Å². The van der Waals surface area contributed by atoms with E-state index >= 15 is 0 Å². The van der Waals surface area contributed by atoms with Crippen molar-refractivity contribution < 1.29 is 4.79 Å². The van der Waals surface area contributed by atoms with Crippen molar-refractivity contribution >= 4 is 5.91 Å². The topological polar surface area (TPSA) is 49.6 Å². The number of amides is 1. The molecule has 116 valence electrons. The molecule has 4 heteroatoms. The van der Waals surface area contributed by atoms with Gasteiger partial charge in [-0.15, -0.1) is 0 Å². The Morgan fingerprint density at radius 2 is 2.00 bits per heavy atom. The molecular weight excluding hydrogens is 262 g/mol. The van der Waals surface area contributed by atoms with Crippen LogP contribution in [0.25, 0.3) is 0 Å². The first kappa shape index (κ1) is 16.0. The fraction of sp³-hybridized carbons (Fsp3) is 0.588. The van der Waals surface area contributed by atoms with Crippen LogP contribution < -0.4 is 5.73 Å². The highest BCUT2D eigenvalue weighted by molar-refractivity contribution is 5.95. The van der Waals surface area contributed by atoms with Crippen LogP contribution in [0, 0.1) is 0 Å². The third-order valence-electron chi connectivity index (χ3n) is 4.18. The maximum Gasteiger partial charge on any atom is 0.254 e. The minimum Gasteiger partial charge on any atom is -0.337 e. The number of carbonyl (C=O) groups is 1. The van der Waals surface area contributed by atoms with Crippen LogP contribution in [-0.2, 0) is 6.42 Å². The first-order chi connectivity index (χ1) is 10.3. The van der Waals surface area contributed by atoms with Crippen molar-refractivity contribution in [3.05, 3.63) is 35.4 Å². The third kappa shape index (κ3) is 4.29. The van der Waals surface area contributed by atoms with E-state index in [-0.39, 0.29) is 5.91 Å². The van der Waals surface area contributed by atoms with Gasteiger partial charge in [-0.05, 0) is 50.5 Å². The number of nitrogens with two attached hydrogens (primary N) is 1. The van der Waals surface area contributed by atoms with Crippen molar-refractivity contribution in [2.24, 2.45) is 5.73 Å². The van der Waals surface area contributed by atoms with Crippen LogP contribution in [0.1, 0.15) is 35.7 Å². The van der Waals surface area contributed by atoms with Crippen LogP contribution in [0.4, 0.5) is 0 Å². The summed E-state index contributed by atoms with van der Waals surface area (Å²) in [6.07, 6.45) is 2.98. The molecule has 0 aromatic heterocycles. The van der Waals surface area contributed by atoms with Crippen molar-refractivity contribution in [3.8, 4) is 0 Å². The van der Waals surface area contributed by atoms with E-state index in [0.717, 1.165) is 69.7 Å². The van der Waals surface area contributed by atoms with Crippen molar-refractivity contribution in [2.45, 2.75) is 26.2 Å². The molecule has 1 saturated heterocycles. The van der Waals surface area contributed by atoms with Crippen LogP contribution in [0.2, 0.25) is 0 Å². The van der Waals surface area contributed by atoms with Crippen molar-refractivity contribution in [1.82, 2.24) is 9.80 Å². The highest BCUT2D eigenvalue weighted by Gasteiger charge is 2.21. The lowest BCUT2D eigenvalue weighted by Crippen LogP contribution is -2.36. The summed E-state index contributed by atoms with van der Waals surface area (Å²) < 4.78 is 0. The molecule has 1 aliphatic heterocycles. The van der Waals surface area contributed by atoms with E-state index < -0.39 is 0 Å².